The van der Waals surface area contributed by atoms with Gasteiger partial charge >= 0.3 is 0 Å². The van der Waals surface area contributed by atoms with Crippen molar-refractivity contribution < 1.29 is 4.79 Å². The summed E-state index contributed by atoms with van der Waals surface area (Å²) in [6.45, 7) is 0. The minimum Gasteiger partial charge on any atom is -0.298 e. The van der Waals surface area contributed by atoms with E-state index < -0.39 is 0 Å². The van der Waals surface area contributed by atoms with Gasteiger partial charge in [0.1, 0.15) is 0 Å². The van der Waals surface area contributed by atoms with Crippen LogP contribution in [0.2, 0.25) is 0 Å². The Bertz CT molecular complexity index is 637. The minimum atomic E-state index is 0.693. The third-order valence-corrected chi connectivity index (χ3v) is 5.07. The summed E-state index contributed by atoms with van der Waals surface area (Å²) in [7, 11) is 0. The molecule has 0 aliphatic heterocycles. The van der Waals surface area contributed by atoms with Crippen molar-refractivity contribution in [3.8, 4) is 0 Å². The van der Waals surface area contributed by atoms with Gasteiger partial charge in [-0.1, -0.05) is 33.8 Å². The average Bonchev–Trinajstić information content (AvgIpc) is 2.86. The van der Waals surface area contributed by atoms with Crippen molar-refractivity contribution in [2.75, 3.05) is 0 Å². The van der Waals surface area contributed by atoms with Crippen LogP contribution in [0.15, 0.2) is 50.7 Å². The van der Waals surface area contributed by atoms with Crippen LogP contribution in [0.25, 0.3) is 0 Å². The van der Waals surface area contributed by atoms with Crippen molar-refractivity contribution in [3.63, 3.8) is 0 Å². The summed E-state index contributed by atoms with van der Waals surface area (Å²) in [6.07, 6.45) is 4.58. The summed E-state index contributed by atoms with van der Waals surface area (Å²) in [6, 6.07) is 12.6. The van der Waals surface area contributed by atoms with Gasteiger partial charge in [-0.3, -0.25) is 4.79 Å². The molecule has 0 saturated heterocycles. The maximum atomic E-state index is 10.8. The van der Waals surface area contributed by atoms with Crippen LogP contribution in [0.1, 0.15) is 27.9 Å². The van der Waals surface area contributed by atoms with Crippen LogP contribution in [-0.2, 0) is 12.8 Å². The molecule has 0 N–H and O–H groups in total. The number of carbonyl (C=O) groups excluding carboxylic acids is 1. The SMILES string of the molecule is O=Cc1ccc(Sc2ccc3c(c2)CCC3)cc1Br. The Morgan fingerprint density at radius 3 is 2.53 bits per heavy atom. The average molecular weight is 333 g/mol. The quantitative estimate of drug-likeness (QED) is 0.743. The fourth-order valence-electron chi connectivity index (χ4n) is 2.41. The van der Waals surface area contributed by atoms with Crippen LogP contribution in [0.4, 0.5) is 0 Å². The van der Waals surface area contributed by atoms with Gasteiger partial charge < -0.3 is 0 Å². The third kappa shape index (κ3) is 2.77. The Morgan fingerprint density at radius 2 is 1.74 bits per heavy atom. The van der Waals surface area contributed by atoms with Gasteiger partial charge in [0.25, 0.3) is 0 Å². The number of rotatable bonds is 3. The predicted octanol–water partition coefficient (Wildman–Crippen LogP) is 4.90. The van der Waals surface area contributed by atoms with Crippen molar-refractivity contribution in [1.82, 2.24) is 0 Å². The molecule has 0 radical (unpaired) electrons. The molecule has 0 aromatic heterocycles. The van der Waals surface area contributed by atoms with Gasteiger partial charge in [-0.05, 0) is 60.7 Å². The Hall–Kier alpha value is -1.06. The summed E-state index contributed by atoms with van der Waals surface area (Å²) < 4.78 is 0.855. The maximum absolute atomic E-state index is 10.8. The third-order valence-electron chi connectivity index (χ3n) is 3.40. The number of aldehydes is 1. The molecule has 0 saturated carbocycles. The van der Waals surface area contributed by atoms with E-state index in [1.807, 2.05) is 18.2 Å². The highest BCUT2D eigenvalue weighted by Gasteiger charge is 2.11. The summed E-state index contributed by atoms with van der Waals surface area (Å²) in [4.78, 5) is 13.2. The summed E-state index contributed by atoms with van der Waals surface area (Å²) in [5.74, 6) is 0. The molecule has 0 unspecified atom stereocenters. The van der Waals surface area contributed by atoms with Gasteiger partial charge in [-0.2, -0.15) is 0 Å². The second kappa shape index (κ2) is 5.51. The predicted molar refractivity (Wildman–Crippen MR) is 82.1 cm³/mol. The number of hydrogen-bond acceptors (Lipinski definition) is 2. The molecular formula is C16H13BrOS. The van der Waals surface area contributed by atoms with Crippen molar-refractivity contribution in [2.45, 2.75) is 29.1 Å². The molecule has 0 spiro atoms. The zero-order chi connectivity index (χ0) is 13.2. The van der Waals surface area contributed by atoms with Crippen molar-refractivity contribution in [1.29, 1.82) is 0 Å². The second-order valence-electron chi connectivity index (χ2n) is 4.69. The maximum Gasteiger partial charge on any atom is 0.151 e. The molecule has 1 nitrogen and oxygen atoms in total. The molecule has 3 heteroatoms. The molecule has 0 amide bonds. The van der Waals surface area contributed by atoms with Gasteiger partial charge in [0.05, 0.1) is 0 Å². The van der Waals surface area contributed by atoms with E-state index in [0.29, 0.717) is 5.56 Å². The molecule has 19 heavy (non-hydrogen) atoms. The number of hydrogen-bond donors (Lipinski definition) is 0. The molecule has 1 aliphatic rings. The van der Waals surface area contributed by atoms with E-state index in [1.54, 1.807) is 11.8 Å². The molecule has 1 aliphatic carbocycles. The molecule has 2 aromatic carbocycles. The van der Waals surface area contributed by atoms with Crippen LogP contribution in [0.3, 0.4) is 0 Å². The number of halogens is 1. The van der Waals surface area contributed by atoms with E-state index in [2.05, 4.69) is 34.1 Å². The lowest BCUT2D eigenvalue weighted by Gasteiger charge is -2.06. The van der Waals surface area contributed by atoms with E-state index in [0.717, 1.165) is 15.7 Å². The Morgan fingerprint density at radius 1 is 1.00 bits per heavy atom. The first-order valence-corrected chi connectivity index (χ1v) is 7.91. The largest absolute Gasteiger partial charge is 0.298 e. The summed E-state index contributed by atoms with van der Waals surface area (Å²) >= 11 is 5.17. The lowest BCUT2D eigenvalue weighted by atomic mass is 10.1. The van der Waals surface area contributed by atoms with E-state index in [1.165, 1.54) is 35.3 Å². The van der Waals surface area contributed by atoms with Gasteiger partial charge in [0.2, 0.25) is 0 Å². The number of fused-ring (bicyclic) bond motifs is 1. The molecule has 0 heterocycles. The topological polar surface area (TPSA) is 17.1 Å². The fraction of sp³-hybridized carbons (Fsp3) is 0.188. The van der Waals surface area contributed by atoms with Gasteiger partial charge in [0.15, 0.2) is 6.29 Å². The van der Waals surface area contributed by atoms with Crippen LogP contribution >= 0.6 is 27.7 Å². The van der Waals surface area contributed by atoms with Gasteiger partial charge in [-0.15, -0.1) is 0 Å². The normalized spacial score (nSPS) is 13.3. The second-order valence-corrected chi connectivity index (χ2v) is 6.69. The molecule has 3 rings (SSSR count). The van der Waals surface area contributed by atoms with Crippen LogP contribution in [-0.4, -0.2) is 6.29 Å². The van der Waals surface area contributed by atoms with Gasteiger partial charge in [-0.25, -0.2) is 0 Å². The summed E-state index contributed by atoms with van der Waals surface area (Å²) in [5.41, 5.74) is 3.69. The first-order valence-electron chi connectivity index (χ1n) is 6.30. The number of aryl methyl sites for hydroxylation is 2. The minimum absolute atomic E-state index is 0.693. The van der Waals surface area contributed by atoms with Crippen molar-refractivity contribution >= 4 is 34.0 Å². The Labute approximate surface area is 125 Å². The van der Waals surface area contributed by atoms with Gasteiger partial charge in [0, 0.05) is 19.8 Å². The number of benzene rings is 2. The molecule has 2 aromatic rings. The van der Waals surface area contributed by atoms with Crippen LogP contribution in [0.5, 0.6) is 0 Å². The highest BCUT2D eigenvalue weighted by atomic mass is 79.9. The molecule has 96 valence electrons. The highest BCUT2D eigenvalue weighted by molar-refractivity contribution is 9.10. The lowest BCUT2D eigenvalue weighted by Crippen LogP contribution is -1.84. The van der Waals surface area contributed by atoms with E-state index in [4.69, 9.17) is 0 Å². The molecule has 0 bridgehead atoms. The molecule has 0 fully saturated rings. The molecule has 0 atom stereocenters. The standard InChI is InChI=1S/C16H13BrOS/c17-16-9-15(7-5-13(16)10-18)19-14-6-4-11-2-1-3-12(11)8-14/h4-10H,1-3H2. The fourth-order valence-corrected chi connectivity index (χ4v) is 3.96. The first kappa shape index (κ1) is 12.9. The van der Waals surface area contributed by atoms with Crippen molar-refractivity contribution in [3.05, 3.63) is 57.6 Å². The van der Waals surface area contributed by atoms with Crippen LogP contribution in [0, 0.1) is 0 Å². The summed E-state index contributed by atoms with van der Waals surface area (Å²) in [5, 5.41) is 0. The number of carbonyl (C=O) groups is 1. The molecular weight excluding hydrogens is 320 g/mol. The van der Waals surface area contributed by atoms with E-state index in [-0.39, 0.29) is 0 Å². The Balaban J connectivity index is 1.85. The zero-order valence-corrected chi connectivity index (χ0v) is 12.8. The first-order chi connectivity index (χ1) is 9.26. The Kier molecular flexibility index (Phi) is 3.76. The lowest BCUT2D eigenvalue weighted by molar-refractivity contribution is 0.112. The highest BCUT2D eigenvalue weighted by Crippen LogP contribution is 2.33. The smallest absolute Gasteiger partial charge is 0.151 e. The van der Waals surface area contributed by atoms with E-state index >= 15 is 0 Å². The van der Waals surface area contributed by atoms with E-state index in [9.17, 15) is 4.79 Å². The monoisotopic (exact) mass is 332 g/mol. The zero-order valence-electron chi connectivity index (χ0n) is 10.4. The van der Waals surface area contributed by atoms with Crippen molar-refractivity contribution in [2.24, 2.45) is 0 Å². The van der Waals surface area contributed by atoms with Crippen LogP contribution < -0.4 is 0 Å².